The molecule has 0 aliphatic carbocycles. The Labute approximate surface area is 95.6 Å². The van der Waals surface area contributed by atoms with Gasteiger partial charge in [-0.1, -0.05) is 11.6 Å². The van der Waals surface area contributed by atoms with Gasteiger partial charge in [0.05, 0.1) is 16.4 Å². The zero-order valence-corrected chi connectivity index (χ0v) is 9.88. The Morgan fingerprint density at radius 3 is 2.71 bits per heavy atom. The maximum absolute atomic E-state index is 5.95. The average Bonchev–Trinajstić information content (AvgIpc) is 2.50. The average molecular weight is 272 g/mol. The first-order valence-corrected chi connectivity index (χ1v) is 5.30. The van der Waals surface area contributed by atoms with E-state index in [-0.39, 0.29) is 0 Å². The van der Waals surface area contributed by atoms with E-state index in [0.29, 0.717) is 0 Å². The summed E-state index contributed by atoms with van der Waals surface area (Å²) in [5.74, 6) is 0. The highest BCUT2D eigenvalue weighted by Gasteiger charge is 2.00. The van der Waals surface area contributed by atoms with Crippen molar-refractivity contribution in [1.29, 1.82) is 0 Å². The van der Waals surface area contributed by atoms with Gasteiger partial charge < -0.3 is 0 Å². The van der Waals surface area contributed by atoms with E-state index in [1.165, 1.54) is 0 Å². The van der Waals surface area contributed by atoms with E-state index >= 15 is 0 Å². The molecule has 0 spiro atoms. The summed E-state index contributed by atoms with van der Waals surface area (Å²) in [5, 5.41) is 4.91. The second-order valence-corrected chi connectivity index (χ2v) is 4.44. The minimum atomic E-state index is 0.728. The van der Waals surface area contributed by atoms with Crippen LogP contribution in [0.4, 0.5) is 0 Å². The molecule has 0 aliphatic rings. The number of hydrogen-bond donors (Lipinski definition) is 0. The van der Waals surface area contributed by atoms with Crippen LogP contribution in [0.15, 0.2) is 35.1 Å². The first kappa shape index (κ1) is 9.74. The maximum atomic E-state index is 5.95. The van der Waals surface area contributed by atoms with E-state index in [0.717, 1.165) is 20.7 Å². The monoisotopic (exact) mass is 270 g/mol. The van der Waals surface area contributed by atoms with Crippen LogP contribution in [0, 0.1) is 6.92 Å². The lowest BCUT2D eigenvalue weighted by molar-refractivity contribution is 0.879. The van der Waals surface area contributed by atoms with Gasteiger partial charge in [0.25, 0.3) is 0 Å². The van der Waals surface area contributed by atoms with Crippen molar-refractivity contribution in [2.45, 2.75) is 6.92 Å². The van der Waals surface area contributed by atoms with Gasteiger partial charge in [0.1, 0.15) is 0 Å². The fraction of sp³-hybridized carbons (Fsp3) is 0.100. The molecule has 0 atom stereocenters. The highest BCUT2D eigenvalue weighted by molar-refractivity contribution is 9.10. The Hall–Kier alpha value is -0.800. The Kier molecular flexibility index (Phi) is 2.61. The van der Waals surface area contributed by atoms with E-state index in [9.17, 15) is 0 Å². The molecule has 0 saturated heterocycles. The van der Waals surface area contributed by atoms with Crippen LogP contribution in [0.3, 0.4) is 0 Å². The van der Waals surface area contributed by atoms with Crippen molar-refractivity contribution in [2.24, 2.45) is 0 Å². The molecular weight excluding hydrogens is 263 g/mol. The summed E-state index contributed by atoms with van der Waals surface area (Å²) in [6.45, 7) is 2.01. The maximum Gasteiger partial charge on any atom is 0.0663 e. The van der Waals surface area contributed by atoms with Crippen LogP contribution in [0.2, 0.25) is 5.02 Å². The molecule has 0 N–H and O–H groups in total. The van der Waals surface area contributed by atoms with Gasteiger partial charge in [-0.05, 0) is 46.6 Å². The molecule has 2 rings (SSSR count). The third-order valence-corrected chi connectivity index (χ3v) is 2.47. The topological polar surface area (TPSA) is 17.8 Å². The smallest absolute Gasteiger partial charge is 0.0663 e. The summed E-state index contributed by atoms with van der Waals surface area (Å²) in [6, 6.07) is 5.84. The van der Waals surface area contributed by atoms with Gasteiger partial charge in [0.2, 0.25) is 0 Å². The normalized spacial score (nSPS) is 10.5. The molecule has 0 saturated carbocycles. The van der Waals surface area contributed by atoms with Crippen molar-refractivity contribution in [3.05, 3.63) is 45.7 Å². The lowest BCUT2D eigenvalue weighted by Crippen LogP contribution is -1.94. The Balaban J connectivity index is 2.51. The number of hydrogen-bond acceptors (Lipinski definition) is 1. The Morgan fingerprint density at radius 2 is 2.14 bits per heavy atom. The lowest BCUT2D eigenvalue weighted by atomic mass is 10.2. The molecule has 0 bridgehead atoms. The standard InChI is InChI=1S/C10H8BrClN2/c1-7-2-9(12)4-10(3-7)14-6-8(11)5-13-14/h2-6H,1H3. The van der Waals surface area contributed by atoms with E-state index < -0.39 is 0 Å². The van der Waals surface area contributed by atoms with Gasteiger partial charge in [-0.15, -0.1) is 0 Å². The second-order valence-electron chi connectivity index (χ2n) is 3.09. The molecule has 0 radical (unpaired) electrons. The third-order valence-electron chi connectivity index (χ3n) is 1.84. The van der Waals surface area contributed by atoms with Crippen LogP contribution in [-0.2, 0) is 0 Å². The molecule has 0 fully saturated rings. The lowest BCUT2D eigenvalue weighted by Gasteiger charge is -2.03. The van der Waals surface area contributed by atoms with Gasteiger partial charge in [0, 0.05) is 11.2 Å². The number of aromatic nitrogens is 2. The minimum Gasteiger partial charge on any atom is -0.240 e. The van der Waals surface area contributed by atoms with Gasteiger partial charge in [-0.3, -0.25) is 0 Å². The molecular formula is C10H8BrClN2. The molecule has 0 amide bonds. The summed E-state index contributed by atoms with van der Waals surface area (Å²) < 4.78 is 2.73. The zero-order valence-electron chi connectivity index (χ0n) is 7.54. The predicted octanol–water partition coefficient (Wildman–Crippen LogP) is 3.60. The summed E-state index contributed by atoms with van der Waals surface area (Å²) in [5.41, 5.74) is 2.10. The summed E-state index contributed by atoms with van der Waals surface area (Å²) in [7, 11) is 0. The van der Waals surface area contributed by atoms with Gasteiger partial charge >= 0.3 is 0 Å². The molecule has 1 aromatic carbocycles. The van der Waals surface area contributed by atoms with Crippen LogP contribution in [0.25, 0.3) is 5.69 Å². The molecule has 1 aromatic heterocycles. The number of rotatable bonds is 1. The van der Waals surface area contributed by atoms with Crippen LogP contribution >= 0.6 is 27.5 Å². The van der Waals surface area contributed by atoms with Gasteiger partial charge in [0.15, 0.2) is 0 Å². The number of aryl methyl sites for hydroxylation is 1. The van der Waals surface area contributed by atoms with Crippen molar-refractivity contribution >= 4 is 27.5 Å². The largest absolute Gasteiger partial charge is 0.240 e. The van der Waals surface area contributed by atoms with Crippen molar-refractivity contribution in [3.8, 4) is 5.69 Å². The van der Waals surface area contributed by atoms with E-state index in [1.807, 2.05) is 31.3 Å². The minimum absolute atomic E-state index is 0.728. The van der Waals surface area contributed by atoms with Crippen molar-refractivity contribution < 1.29 is 0 Å². The molecule has 0 aliphatic heterocycles. The van der Waals surface area contributed by atoms with E-state index in [4.69, 9.17) is 11.6 Å². The molecule has 1 heterocycles. The molecule has 0 unspecified atom stereocenters. The summed E-state index contributed by atoms with van der Waals surface area (Å²) in [4.78, 5) is 0. The highest BCUT2D eigenvalue weighted by atomic mass is 79.9. The Morgan fingerprint density at radius 1 is 1.36 bits per heavy atom. The summed E-state index contributed by atoms with van der Waals surface area (Å²) >= 11 is 9.30. The van der Waals surface area contributed by atoms with E-state index in [2.05, 4.69) is 21.0 Å². The van der Waals surface area contributed by atoms with Crippen LogP contribution in [-0.4, -0.2) is 9.78 Å². The number of halogens is 2. The van der Waals surface area contributed by atoms with Gasteiger partial charge in [-0.2, -0.15) is 5.10 Å². The van der Waals surface area contributed by atoms with Crippen molar-refractivity contribution in [3.63, 3.8) is 0 Å². The molecule has 2 aromatic rings. The zero-order chi connectivity index (χ0) is 10.1. The Bertz CT molecular complexity index is 445. The summed E-state index contributed by atoms with van der Waals surface area (Å²) in [6.07, 6.45) is 3.64. The van der Waals surface area contributed by atoms with Crippen LogP contribution in [0.5, 0.6) is 0 Å². The quantitative estimate of drug-likeness (QED) is 0.775. The highest BCUT2D eigenvalue weighted by Crippen LogP contribution is 2.18. The molecule has 2 nitrogen and oxygen atoms in total. The molecule has 4 heteroatoms. The van der Waals surface area contributed by atoms with Crippen molar-refractivity contribution in [2.75, 3.05) is 0 Å². The second kappa shape index (κ2) is 3.75. The fourth-order valence-corrected chi connectivity index (χ4v) is 1.86. The molecule has 14 heavy (non-hydrogen) atoms. The first-order chi connectivity index (χ1) is 6.65. The van der Waals surface area contributed by atoms with Crippen molar-refractivity contribution in [1.82, 2.24) is 9.78 Å². The SMILES string of the molecule is Cc1cc(Cl)cc(-n2cc(Br)cn2)c1. The number of nitrogens with zero attached hydrogens (tertiary/aromatic N) is 2. The predicted molar refractivity (Wildman–Crippen MR) is 61.0 cm³/mol. The van der Waals surface area contributed by atoms with E-state index in [1.54, 1.807) is 10.9 Å². The van der Waals surface area contributed by atoms with Crippen LogP contribution in [0.1, 0.15) is 5.56 Å². The third kappa shape index (κ3) is 1.99. The first-order valence-electron chi connectivity index (χ1n) is 4.13. The molecule has 72 valence electrons. The van der Waals surface area contributed by atoms with Crippen LogP contribution < -0.4 is 0 Å². The van der Waals surface area contributed by atoms with Gasteiger partial charge in [-0.25, -0.2) is 4.68 Å². The fourth-order valence-electron chi connectivity index (χ4n) is 1.29. The number of benzene rings is 1.